The van der Waals surface area contributed by atoms with Crippen LogP contribution >= 0.6 is 0 Å². The van der Waals surface area contributed by atoms with Crippen LogP contribution in [0.15, 0.2) is 66.5 Å². The molecule has 0 aliphatic rings. The molecule has 0 aliphatic heterocycles. The van der Waals surface area contributed by atoms with E-state index in [1.54, 1.807) is 18.3 Å². The molecule has 0 fully saturated rings. The van der Waals surface area contributed by atoms with Crippen molar-refractivity contribution >= 4 is 16.9 Å². The summed E-state index contributed by atoms with van der Waals surface area (Å²) in [4.78, 5) is 13.0. The Morgan fingerprint density at radius 3 is 2.56 bits per heavy atom. The highest BCUT2D eigenvalue weighted by atomic mass is 19.4. The van der Waals surface area contributed by atoms with Gasteiger partial charge in [-0.05, 0) is 50.0 Å². The van der Waals surface area contributed by atoms with Crippen LogP contribution in [0.3, 0.4) is 0 Å². The predicted octanol–water partition coefficient (Wildman–Crippen LogP) is 7.41. The molecule has 32 heavy (non-hydrogen) atoms. The average Bonchev–Trinajstić information content (AvgIpc) is 2.76. The minimum absolute atomic E-state index is 0.0439. The molecule has 3 rings (SSSR count). The molecule has 3 aromatic rings. The number of aromatic nitrogens is 3. The summed E-state index contributed by atoms with van der Waals surface area (Å²) in [6, 6.07) is 8.79. The molecule has 0 saturated heterocycles. The summed E-state index contributed by atoms with van der Waals surface area (Å²) in [6.45, 7) is 10.5. The summed E-state index contributed by atoms with van der Waals surface area (Å²) in [6.07, 6.45) is 2.21. The lowest BCUT2D eigenvalue weighted by Gasteiger charge is -2.17. The largest absolute Gasteiger partial charge is 0.417 e. The van der Waals surface area contributed by atoms with E-state index in [2.05, 4.69) is 47.6 Å². The molecule has 0 aliphatic carbocycles. The molecular formula is C25H27F3N4. The Morgan fingerprint density at radius 2 is 1.88 bits per heavy atom. The Hall–Kier alpha value is -3.22. The third-order valence-electron chi connectivity index (χ3n) is 5.40. The average molecular weight is 441 g/mol. The van der Waals surface area contributed by atoms with Gasteiger partial charge in [0.2, 0.25) is 0 Å². The topological polar surface area (TPSA) is 50.7 Å². The van der Waals surface area contributed by atoms with Crippen LogP contribution in [0.25, 0.3) is 22.4 Å². The highest BCUT2D eigenvalue weighted by Crippen LogP contribution is 2.36. The third-order valence-corrected chi connectivity index (χ3v) is 5.40. The molecule has 1 N–H and O–H groups in total. The molecule has 1 unspecified atom stereocenters. The molecule has 0 bridgehead atoms. The van der Waals surface area contributed by atoms with Gasteiger partial charge in [-0.15, -0.1) is 0 Å². The third kappa shape index (κ3) is 5.33. The second kappa shape index (κ2) is 9.94. The minimum Gasteiger partial charge on any atom is -0.340 e. The SMILES string of the molecule is C=C(/C=C(/C)C(CC)CCC)Nc1nc(-c2ccccc2C(F)(F)F)nc2ncccc12. The zero-order valence-electron chi connectivity index (χ0n) is 18.5. The molecule has 0 radical (unpaired) electrons. The van der Waals surface area contributed by atoms with Gasteiger partial charge >= 0.3 is 6.18 Å². The summed E-state index contributed by atoms with van der Waals surface area (Å²) in [5.74, 6) is 0.779. The molecule has 0 saturated carbocycles. The van der Waals surface area contributed by atoms with Crippen molar-refractivity contribution in [1.82, 2.24) is 15.0 Å². The van der Waals surface area contributed by atoms with Crippen LogP contribution in [-0.2, 0) is 6.18 Å². The molecule has 2 heterocycles. The van der Waals surface area contributed by atoms with Gasteiger partial charge in [0.25, 0.3) is 0 Å². The molecular weight excluding hydrogens is 413 g/mol. The number of fused-ring (bicyclic) bond motifs is 1. The number of alkyl halides is 3. The van der Waals surface area contributed by atoms with E-state index in [9.17, 15) is 13.2 Å². The van der Waals surface area contributed by atoms with Crippen molar-refractivity contribution in [2.75, 3.05) is 5.32 Å². The van der Waals surface area contributed by atoms with Crippen molar-refractivity contribution < 1.29 is 13.2 Å². The van der Waals surface area contributed by atoms with E-state index in [4.69, 9.17) is 0 Å². The first-order valence-corrected chi connectivity index (χ1v) is 10.7. The standard InChI is InChI=1S/C25H27F3N4/c1-5-10-18(6-2)16(3)15-17(4)30-24-20-12-9-14-29-22(20)31-23(32-24)19-11-7-8-13-21(19)25(26,27)28/h7-9,11-15,18H,4-6,10H2,1-3H3,(H,29,30,31,32)/b16-15-. The Balaban J connectivity index is 2.05. The van der Waals surface area contributed by atoms with Crippen molar-refractivity contribution in [2.45, 2.75) is 46.2 Å². The highest BCUT2D eigenvalue weighted by Gasteiger charge is 2.34. The number of nitrogens with zero attached hydrogens (tertiary/aromatic N) is 3. The quantitative estimate of drug-likeness (QED) is 0.371. The van der Waals surface area contributed by atoms with Crippen molar-refractivity contribution in [3.63, 3.8) is 0 Å². The number of rotatable bonds is 8. The fourth-order valence-corrected chi connectivity index (χ4v) is 3.79. The van der Waals surface area contributed by atoms with Crippen LogP contribution in [0.5, 0.6) is 0 Å². The van der Waals surface area contributed by atoms with E-state index in [1.165, 1.54) is 23.8 Å². The van der Waals surface area contributed by atoms with Crippen LogP contribution in [0.2, 0.25) is 0 Å². The van der Waals surface area contributed by atoms with Gasteiger partial charge in [0.1, 0.15) is 5.82 Å². The number of allylic oxidation sites excluding steroid dienone is 2. The lowest BCUT2D eigenvalue weighted by Crippen LogP contribution is -2.09. The molecule has 168 valence electrons. The minimum atomic E-state index is -4.52. The molecule has 0 amide bonds. The second-order valence-corrected chi connectivity index (χ2v) is 7.75. The molecule has 1 atom stereocenters. The monoisotopic (exact) mass is 440 g/mol. The lowest BCUT2D eigenvalue weighted by molar-refractivity contribution is -0.137. The number of benzene rings is 1. The summed E-state index contributed by atoms with van der Waals surface area (Å²) in [7, 11) is 0. The maximum absolute atomic E-state index is 13.6. The van der Waals surface area contributed by atoms with E-state index < -0.39 is 11.7 Å². The Kier molecular flexibility index (Phi) is 7.28. The molecule has 2 aromatic heterocycles. The number of anilines is 1. The summed E-state index contributed by atoms with van der Waals surface area (Å²) >= 11 is 0. The Labute approximate surface area is 186 Å². The van der Waals surface area contributed by atoms with E-state index >= 15 is 0 Å². The van der Waals surface area contributed by atoms with Gasteiger partial charge in [-0.1, -0.05) is 50.6 Å². The van der Waals surface area contributed by atoms with Crippen molar-refractivity contribution in [2.24, 2.45) is 5.92 Å². The van der Waals surface area contributed by atoms with Gasteiger partial charge in [-0.2, -0.15) is 13.2 Å². The summed E-state index contributed by atoms with van der Waals surface area (Å²) in [5.41, 5.74) is 1.23. The van der Waals surface area contributed by atoms with E-state index in [0.717, 1.165) is 25.3 Å². The lowest BCUT2D eigenvalue weighted by atomic mass is 9.92. The van der Waals surface area contributed by atoms with Gasteiger partial charge in [-0.25, -0.2) is 15.0 Å². The fourth-order valence-electron chi connectivity index (χ4n) is 3.79. The summed E-state index contributed by atoms with van der Waals surface area (Å²) < 4.78 is 40.7. The van der Waals surface area contributed by atoms with Gasteiger partial charge in [0, 0.05) is 17.5 Å². The Morgan fingerprint density at radius 1 is 1.12 bits per heavy atom. The number of hydrogen-bond acceptors (Lipinski definition) is 4. The van der Waals surface area contributed by atoms with Crippen LogP contribution in [0, 0.1) is 5.92 Å². The molecule has 0 spiro atoms. The molecule has 1 aromatic carbocycles. The Bertz CT molecular complexity index is 1140. The highest BCUT2D eigenvalue weighted by molar-refractivity contribution is 5.89. The number of nitrogens with one attached hydrogen (secondary N) is 1. The summed E-state index contributed by atoms with van der Waals surface area (Å²) in [5, 5.41) is 3.77. The second-order valence-electron chi connectivity index (χ2n) is 7.75. The van der Waals surface area contributed by atoms with E-state index in [1.807, 2.05) is 6.08 Å². The van der Waals surface area contributed by atoms with Gasteiger partial charge in [0.05, 0.1) is 10.9 Å². The first-order valence-electron chi connectivity index (χ1n) is 10.7. The number of pyridine rings is 1. The van der Waals surface area contributed by atoms with Crippen LogP contribution in [-0.4, -0.2) is 15.0 Å². The number of hydrogen-bond donors (Lipinski definition) is 1. The first-order chi connectivity index (χ1) is 15.2. The molecule has 4 nitrogen and oxygen atoms in total. The first kappa shape index (κ1) is 23.4. The zero-order chi connectivity index (χ0) is 23.3. The van der Waals surface area contributed by atoms with Gasteiger partial charge < -0.3 is 5.32 Å². The van der Waals surface area contributed by atoms with Crippen molar-refractivity contribution in [3.8, 4) is 11.4 Å². The predicted molar refractivity (Wildman–Crippen MR) is 123 cm³/mol. The maximum Gasteiger partial charge on any atom is 0.417 e. The van der Waals surface area contributed by atoms with E-state index in [-0.39, 0.29) is 11.4 Å². The van der Waals surface area contributed by atoms with Crippen LogP contribution in [0.4, 0.5) is 19.0 Å². The maximum atomic E-state index is 13.6. The van der Waals surface area contributed by atoms with Gasteiger partial charge in [-0.3, -0.25) is 0 Å². The fraction of sp³-hybridized carbons (Fsp3) is 0.320. The van der Waals surface area contributed by atoms with Crippen LogP contribution < -0.4 is 5.32 Å². The van der Waals surface area contributed by atoms with E-state index in [0.29, 0.717) is 28.5 Å². The molecule has 7 heteroatoms. The van der Waals surface area contributed by atoms with Crippen molar-refractivity contribution in [1.29, 1.82) is 0 Å². The smallest absolute Gasteiger partial charge is 0.340 e. The van der Waals surface area contributed by atoms with Crippen LogP contribution in [0.1, 0.15) is 45.6 Å². The zero-order valence-corrected chi connectivity index (χ0v) is 18.5. The van der Waals surface area contributed by atoms with Gasteiger partial charge in [0.15, 0.2) is 11.5 Å². The normalized spacial score (nSPS) is 13.2. The van der Waals surface area contributed by atoms with Crippen molar-refractivity contribution in [3.05, 3.63) is 72.1 Å². The number of halogens is 3.